The van der Waals surface area contributed by atoms with Gasteiger partial charge in [-0.05, 0) is 55.3 Å². The Balaban J connectivity index is 1.28. The lowest BCUT2D eigenvalue weighted by Crippen LogP contribution is -2.33. The number of ether oxygens (including phenoxy) is 2. The molecule has 36 heavy (non-hydrogen) atoms. The third-order valence-corrected chi connectivity index (χ3v) is 6.95. The Bertz CT molecular complexity index is 1480. The van der Waals surface area contributed by atoms with Crippen molar-refractivity contribution in [2.75, 3.05) is 38.3 Å². The molecule has 0 radical (unpaired) electrons. The van der Waals surface area contributed by atoms with Crippen LogP contribution in [0, 0.1) is 0 Å². The molecule has 0 amide bonds. The lowest BCUT2D eigenvalue weighted by Gasteiger charge is -2.33. The number of imidazole rings is 1. The molecule has 0 unspecified atom stereocenters. The molecule has 4 heterocycles. The number of aromatic nitrogens is 4. The van der Waals surface area contributed by atoms with E-state index in [1.54, 1.807) is 7.11 Å². The number of anilines is 1. The van der Waals surface area contributed by atoms with E-state index in [4.69, 9.17) is 14.5 Å². The zero-order chi connectivity index (χ0) is 24.3. The van der Waals surface area contributed by atoms with Crippen molar-refractivity contribution in [2.45, 2.75) is 18.8 Å². The fourth-order valence-corrected chi connectivity index (χ4v) is 5.05. The van der Waals surface area contributed by atoms with Crippen molar-refractivity contribution in [3.05, 3.63) is 84.9 Å². The summed E-state index contributed by atoms with van der Waals surface area (Å²) in [5.41, 5.74) is 5.28. The van der Waals surface area contributed by atoms with Crippen LogP contribution in [0.4, 0.5) is 5.69 Å². The van der Waals surface area contributed by atoms with Crippen molar-refractivity contribution in [2.24, 2.45) is 0 Å². The van der Waals surface area contributed by atoms with Gasteiger partial charge in [-0.15, -0.1) is 0 Å². The Morgan fingerprint density at radius 1 is 0.917 bits per heavy atom. The van der Waals surface area contributed by atoms with Crippen molar-refractivity contribution in [1.29, 1.82) is 0 Å². The van der Waals surface area contributed by atoms with Gasteiger partial charge in [0.1, 0.15) is 24.5 Å². The summed E-state index contributed by atoms with van der Waals surface area (Å²) in [5.74, 6) is 2.16. The van der Waals surface area contributed by atoms with Gasteiger partial charge in [0.25, 0.3) is 0 Å². The molecule has 3 aromatic heterocycles. The van der Waals surface area contributed by atoms with Crippen molar-refractivity contribution in [3.63, 3.8) is 0 Å². The molecular weight excluding hydrogens is 450 g/mol. The van der Waals surface area contributed by atoms with Gasteiger partial charge in [-0.25, -0.2) is 9.97 Å². The summed E-state index contributed by atoms with van der Waals surface area (Å²) in [6.07, 6.45) is 5.91. The standard InChI is InChI=1S/C29H29N5O2/c1-35-17-18-36-23-9-10-26-25(19-23)31-20-34(26)28-11-8-22-5-4-7-27(29(22)32-28)33-15-12-21(13-16-33)24-6-2-3-14-30-24/h2-11,14,19-21H,12-13,15-18H2,1H3. The molecule has 1 saturated heterocycles. The van der Waals surface area contributed by atoms with E-state index < -0.39 is 0 Å². The SMILES string of the molecule is COCCOc1ccc2c(c1)ncn2-c1ccc2cccc(N3CCC(c4ccccn4)CC3)c2n1. The second-order valence-electron chi connectivity index (χ2n) is 9.14. The summed E-state index contributed by atoms with van der Waals surface area (Å²) in [7, 11) is 1.67. The summed E-state index contributed by atoms with van der Waals surface area (Å²) >= 11 is 0. The van der Waals surface area contributed by atoms with E-state index in [-0.39, 0.29) is 0 Å². The Hall–Kier alpha value is -3.97. The topological polar surface area (TPSA) is 65.3 Å². The van der Waals surface area contributed by atoms with Gasteiger partial charge in [-0.1, -0.05) is 18.2 Å². The number of pyridine rings is 2. The van der Waals surface area contributed by atoms with Gasteiger partial charge in [0, 0.05) is 49.5 Å². The minimum Gasteiger partial charge on any atom is -0.491 e. The maximum absolute atomic E-state index is 5.75. The summed E-state index contributed by atoms with van der Waals surface area (Å²) in [6.45, 7) is 3.05. The van der Waals surface area contributed by atoms with Crippen LogP contribution in [-0.2, 0) is 4.74 Å². The lowest BCUT2D eigenvalue weighted by atomic mass is 9.92. The molecule has 0 atom stereocenters. The van der Waals surface area contributed by atoms with Crippen LogP contribution in [0.5, 0.6) is 5.75 Å². The normalized spacial score (nSPS) is 14.5. The van der Waals surface area contributed by atoms with Crippen LogP contribution in [0.1, 0.15) is 24.5 Å². The maximum Gasteiger partial charge on any atom is 0.139 e. The summed E-state index contributed by atoms with van der Waals surface area (Å²) in [6, 6.07) is 22.8. The highest BCUT2D eigenvalue weighted by molar-refractivity contribution is 5.92. The molecule has 0 spiro atoms. The van der Waals surface area contributed by atoms with Gasteiger partial charge in [0.2, 0.25) is 0 Å². The van der Waals surface area contributed by atoms with E-state index in [0.29, 0.717) is 19.1 Å². The summed E-state index contributed by atoms with van der Waals surface area (Å²) in [5, 5.41) is 1.14. The predicted octanol–water partition coefficient (Wildman–Crippen LogP) is 5.38. The number of rotatable bonds is 7. The van der Waals surface area contributed by atoms with Crippen molar-refractivity contribution in [1.82, 2.24) is 19.5 Å². The highest BCUT2D eigenvalue weighted by Crippen LogP contribution is 2.33. The number of nitrogens with zero attached hydrogens (tertiary/aromatic N) is 5. The highest BCUT2D eigenvalue weighted by Gasteiger charge is 2.23. The lowest BCUT2D eigenvalue weighted by molar-refractivity contribution is 0.146. The largest absolute Gasteiger partial charge is 0.491 e. The predicted molar refractivity (Wildman–Crippen MR) is 142 cm³/mol. The van der Waals surface area contributed by atoms with E-state index >= 15 is 0 Å². The van der Waals surface area contributed by atoms with E-state index in [2.05, 4.69) is 57.3 Å². The van der Waals surface area contributed by atoms with Gasteiger partial charge in [-0.2, -0.15) is 0 Å². The third kappa shape index (κ3) is 4.38. The van der Waals surface area contributed by atoms with Crippen LogP contribution in [0.25, 0.3) is 27.8 Å². The van der Waals surface area contributed by atoms with Crippen LogP contribution in [0.2, 0.25) is 0 Å². The van der Waals surface area contributed by atoms with Gasteiger partial charge in [0.05, 0.1) is 28.8 Å². The van der Waals surface area contributed by atoms with E-state index in [9.17, 15) is 0 Å². The Morgan fingerprint density at radius 2 is 1.83 bits per heavy atom. The van der Waals surface area contributed by atoms with Crippen LogP contribution >= 0.6 is 0 Å². The van der Waals surface area contributed by atoms with Gasteiger partial charge >= 0.3 is 0 Å². The van der Waals surface area contributed by atoms with Crippen molar-refractivity contribution in [3.8, 4) is 11.6 Å². The molecule has 182 valence electrons. The average Bonchev–Trinajstić information content (AvgIpc) is 3.36. The molecule has 7 heteroatoms. The van der Waals surface area contributed by atoms with E-state index in [1.807, 2.05) is 41.4 Å². The van der Waals surface area contributed by atoms with Crippen LogP contribution in [0.15, 0.2) is 79.3 Å². The molecule has 0 aliphatic carbocycles. The molecule has 0 saturated carbocycles. The van der Waals surface area contributed by atoms with Crippen LogP contribution in [-0.4, -0.2) is 52.9 Å². The molecule has 7 nitrogen and oxygen atoms in total. The quantitative estimate of drug-likeness (QED) is 0.292. The number of hydrogen-bond acceptors (Lipinski definition) is 6. The highest BCUT2D eigenvalue weighted by atomic mass is 16.5. The smallest absolute Gasteiger partial charge is 0.139 e. The molecule has 1 fully saturated rings. The monoisotopic (exact) mass is 479 g/mol. The zero-order valence-corrected chi connectivity index (χ0v) is 20.4. The molecule has 0 N–H and O–H groups in total. The van der Waals surface area contributed by atoms with Gasteiger partial charge < -0.3 is 14.4 Å². The fraction of sp³-hybridized carbons (Fsp3) is 0.276. The second kappa shape index (κ2) is 9.95. The van der Waals surface area contributed by atoms with Crippen LogP contribution in [0.3, 0.4) is 0 Å². The Morgan fingerprint density at radius 3 is 2.67 bits per heavy atom. The minimum atomic E-state index is 0.511. The number of benzene rings is 2. The Kier molecular flexibility index (Phi) is 6.22. The first kappa shape index (κ1) is 22.5. The number of methoxy groups -OCH3 is 1. The fourth-order valence-electron chi connectivity index (χ4n) is 5.05. The molecule has 2 aromatic carbocycles. The third-order valence-electron chi connectivity index (χ3n) is 6.95. The molecule has 6 rings (SSSR count). The molecule has 5 aromatic rings. The van der Waals surface area contributed by atoms with E-state index in [0.717, 1.165) is 59.4 Å². The van der Waals surface area contributed by atoms with Crippen LogP contribution < -0.4 is 9.64 Å². The van der Waals surface area contributed by atoms with Crippen molar-refractivity contribution >= 4 is 27.6 Å². The average molecular weight is 480 g/mol. The Labute approximate surface area is 210 Å². The van der Waals surface area contributed by atoms with E-state index in [1.165, 1.54) is 11.4 Å². The van der Waals surface area contributed by atoms with Crippen molar-refractivity contribution < 1.29 is 9.47 Å². The maximum atomic E-state index is 5.75. The van der Waals surface area contributed by atoms with Gasteiger partial charge in [0.15, 0.2) is 0 Å². The molecular formula is C29H29N5O2. The number of para-hydroxylation sites is 1. The first-order valence-corrected chi connectivity index (χ1v) is 12.4. The molecule has 1 aliphatic heterocycles. The summed E-state index contributed by atoms with van der Waals surface area (Å²) in [4.78, 5) is 16.8. The number of hydrogen-bond donors (Lipinski definition) is 0. The molecule has 0 bridgehead atoms. The first-order valence-electron chi connectivity index (χ1n) is 12.4. The minimum absolute atomic E-state index is 0.511. The number of piperidine rings is 1. The summed E-state index contributed by atoms with van der Waals surface area (Å²) < 4.78 is 12.9. The van der Waals surface area contributed by atoms with Gasteiger partial charge in [-0.3, -0.25) is 9.55 Å². The number of fused-ring (bicyclic) bond motifs is 2. The molecule has 1 aliphatic rings. The zero-order valence-electron chi connectivity index (χ0n) is 20.4. The second-order valence-corrected chi connectivity index (χ2v) is 9.14. The first-order chi connectivity index (χ1) is 17.8.